The maximum Gasteiger partial charge on any atom is 0.229 e. The lowest BCUT2D eigenvalue weighted by Gasteiger charge is -2.05. The van der Waals surface area contributed by atoms with E-state index in [1.807, 2.05) is 49.4 Å². The Labute approximate surface area is 145 Å². The Balaban J connectivity index is 1.82. The van der Waals surface area contributed by atoms with Crippen LogP contribution in [-0.4, -0.2) is 19.7 Å². The summed E-state index contributed by atoms with van der Waals surface area (Å²) < 4.78 is 25.0. The van der Waals surface area contributed by atoms with Crippen LogP contribution in [0.1, 0.15) is 4.88 Å². The molecule has 0 fully saturated rings. The highest BCUT2D eigenvalue weighted by Crippen LogP contribution is 2.32. The highest BCUT2D eigenvalue weighted by molar-refractivity contribution is 7.92. The SMILES string of the molecule is Cc1sc(Nc2ccccc2)nc1-c1ccc(NS(C)(=O)=O)cc1. The Hall–Kier alpha value is -2.38. The second-order valence-electron chi connectivity index (χ2n) is 5.37. The standard InChI is InChI=1S/C17H17N3O2S2/c1-12-16(13-8-10-15(11-9-13)20-24(2,21)22)19-17(23-12)18-14-6-4-3-5-7-14/h3-11,20H,1-2H3,(H,18,19). The predicted molar refractivity (Wildman–Crippen MR) is 100 cm³/mol. The van der Waals surface area contributed by atoms with E-state index in [4.69, 9.17) is 0 Å². The van der Waals surface area contributed by atoms with E-state index in [0.717, 1.165) is 33.2 Å². The molecule has 24 heavy (non-hydrogen) atoms. The number of rotatable bonds is 5. The minimum Gasteiger partial charge on any atom is -0.332 e. The van der Waals surface area contributed by atoms with E-state index >= 15 is 0 Å². The van der Waals surface area contributed by atoms with Crippen molar-refractivity contribution in [2.75, 3.05) is 16.3 Å². The molecule has 0 bridgehead atoms. The fraction of sp³-hybridized carbons (Fsp3) is 0.118. The Bertz CT molecular complexity index is 934. The second kappa shape index (κ2) is 6.62. The van der Waals surface area contributed by atoms with Crippen molar-refractivity contribution in [3.63, 3.8) is 0 Å². The molecule has 3 rings (SSSR count). The predicted octanol–water partition coefficient (Wildman–Crippen LogP) is 4.23. The molecule has 2 N–H and O–H groups in total. The summed E-state index contributed by atoms with van der Waals surface area (Å²) in [6.45, 7) is 2.02. The van der Waals surface area contributed by atoms with Crippen molar-refractivity contribution in [2.24, 2.45) is 0 Å². The van der Waals surface area contributed by atoms with Gasteiger partial charge >= 0.3 is 0 Å². The minimum absolute atomic E-state index is 0.539. The van der Waals surface area contributed by atoms with Gasteiger partial charge in [-0.3, -0.25) is 4.72 Å². The van der Waals surface area contributed by atoms with Crippen LogP contribution in [0.3, 0.4) is 0 Å². The van der Waals surface area contributed by atoms with Gasteiger partial charge in [0.05, 0.1) is 11.9 Å². The van der Waals surface area contributed by atoms with Gasteiger partial charge in [-0.1, -0.05) is 30.3 Å². The van der Waals surface area contributed by atoms with Crippen molar-refractivity contribution in [1.82, 2.24) is 4.98 Å². The maximum absolute atomic E-state index is 11.3. The number of aromatic nitrogens is 1. The van der Waals surface area contributed by atoms with Crippen molar-refractivity contribution in [3.8, 4) is 11.3 Å². The highest BCUT2D eigenvalue weighted by Gasteiger charge is 2.10. The number of hydrogen-bond donors (Lipinski definition) is 2. The molecule has 0 spiro atoms. The van der Waals surface area contributed by atoms with Crippen LogP contribution in [0.2, 0.25) is 0 Å². The molecule has 0 aliphatic carbocycles. The number of anilines is 3. The average molecular weight is 359 g/mol. The summed E-state index contributed by atoms with van der Waals surface area (Å²) in [6, 6.07) is 17.1. The van der Waals surface area contributed by atoms with Crippen LogP contribution < -0.4 is 10.0 Å². The third-order valence-electron chi connectivity index (χ3n) is 3.28. The first-order valence-electron chi connectivity index (χ1n) is 7.28. The van der Waals surface area contributed by atoms with Crippen LogP contribution in [0.15, 0.2) is 54.6 Å². The van der Waals surface area contributed by atoms with Gasteiger partial charge in [-0.25, -0.2) is 13.4 Å². The van der Waals surface area contributed by atoms with Crippen LogP contribution in [-0.2, 0) is 10.0 Å². The first-order chi connectivity index (χ1) is 11.4. The average Bonchev–Trinajstić information content (AvgIpc) is 2.88. The minimum atomic E-state index is -3.27. The summed E-state index contributed by atoms with van der Waals surface area (Å²) in [5.41, 5.74) is 3.37. The van der Waals surface area contributed by atoms with Gasteiger partial charge in [0, 0.05) is 21.8 Å². The van der Waals surface area contributed by atoms with Gasteiger partial charge in [0.1, 0.15) is 0 Å². The summed E-state index contributed by atoms with van der Waals surface area (Å²) in [4.78, 5) is 5.74. The van der Waals surface area contributed by atoms with Crippen LogP contribution in [0.4, 0.5) is 16.5 Å². The van der Waals surface area contributed by atoms with Crippen LogP contribution in [0.25, 0.3) is 11.3 Å². The molecule has 7 heteroatoms. The van der Waals surface area contributed by atoms with Crippen LogP contribution in [0, 0.1) is 6.92 Å². The zero-order valence-electron chi connectivity index (χ0n) is 13.3. The van der Waals surface area contributed by atoms with Gasteiger partial charge in [0.15, 0.2) is 5.13 Å². The molecular formula is C17H17N3O2S2. The zero-order valence-corrected chi connectivity index (χ0v) is 14.9. The number of benzene rings is 2. The van der Waals surface area contributed by atoms with Gasteiger partial charge < -0.3 is 5.32 Å². The Kier molecular flexibility index (Phi) is 4.55. The first-order valence-corrected chi connectivity index (χ1v) is 9.99. The summed E-state index contributed by atoms with van der Waals surface area (Å²) in [5.74, 6) is 0. The summed E-state index contributed by atoms with van der Waals surface area (Å²) in [6.07, 6.45) is 1.13. The largest absolute Gasteiger partial charge is 0.332 e. The number of hydrogen-bond acceptors (Lipinski definition) is 5. The first kappa shape index (κ1) is 16.5. The van der Waals surface area contributed by atoms with E-state index < -0.39 is 10.0 Å². The lowest BCUT2D eigenvalue weighted by molar-refractivity contribution is 0.607. The molecular weight excluding hydrogens is 342 g/mol. The number of para-hydroxylation sites is 1. The summed E-state index contributed by atoms with van der Waals surface area (Å²) in [7, 11) is -3.27. The summed E-state index contributed by atoms with van der Waals surface area (Å²) in [5, 5.41) is 4.12. The summed E-state index contributed by atoms with van der Waals surface area (Å²) >= 11 is 1.58. The molecule has 124 valence electrons. The normalized spacial score (nSPS) is 11.2. The van der Waals surface area contributed by atoms with E-state index in [1.165, 1.54) is 0 Å². The van der Waals surface area contributed by atoms with Gasteiger partial charge in [0.25, 0.3) is 0 Å². The lowest BCUT2D eigenvalue weighted by atomic mass is 10.1. The third kappa shape index (κ3) is 4.12. The Morgan fingerprint density at radius 2 is 1.62 bits per heavy atom. The van der Waals surface area contributed by atoms with Gasteiger partial charge in [-0.2, -0.15) is 0 Å². The number of nitrogens with one attached hydrogen (secondary N) is 2. The van der Waals surface area contributed by atoms with E-state index in [9.17, 15) is 8.42 Å². The number of aryl methyl sites for hydroxylation is 1. The van der Waals surface area contributed by atoms with Gasteiger partial charge in [0.2, 0.25) is 10.0 Å². The van der Waals surface area contributed by atoms with Crippen molar-refractivity contribution in [2.45, 2.75) is 6.92 Å². The fourth-order valence-electron chi connectivity index (χ4n) is 2.27. The Morgan fingerprint density at radius 1 is 0.958 bits per heavy atom. The monoisotopic (exact) mass is 359 g/mol. The van der Waals surface area contributed by atoms with Gasteiger partial charge in [-0.05, 0) is 31.2 Å². The number of nitrogens with zero attached hydrogens (tertiary/aromatic N) is 1. The molecule has 0 radical (unpaired) electrons. The molecule has 0 atom stereocenters. The number of sulfonamides is 1. The molecule has 1 aromatic heterocycles. The molecule has 0 saturated carbocycles. The lowest BCUT2D eigenvalue weighted by Crippen LogP contribution is -2.09. The molecule has 1 heterocycles. The van der Waals surface area contributed by atoms with Crippen molar-refractivity contribution >= 4 is 37.9 Å². The molecule has 5 nitrogen and oxygen atoms in total. The molecule has 0 saturated heterocycles. The van der Waals surface area contributed by atoms with Crippen molar-refractivity contribution in [3.05, 3.63) is 59.5 Å². The van der Waals surface area contributed by atoms with E-state index in [0.29, 0.717) is 5.69 Å². The van der Waals surface area contributed by atoms with E-state index in [2.05, 4.69) is 15.0 Å². The Morgan fingerprint density at radius 3 is 2.25 bits per heavy atom. The molecule has 0 unspecified atom stereocenters. The smallest absolute Gasteiger partial charge is 0.229 e. The van der Waals surface area contributed by atoms with Crippen molar-refractivity contribution in [1.29, 1.82) is 0 Å². The third-order valence-corrected chi connectivity index (χ3v) is 4.78. The molecule has 0 amide bonds. The van der Waals surface area contributed by atoms with E-state index in [-0.39, 0.29) is 0 Å². The van der Waals surface area contributed by atoms with Gasteiger partial charge in [-0.15, -0.1) is 11.3 Å². The molecule has 0 aliphatic heterocycles. The van der Waals surface area contributed by atoms with Crippen LogP contribution in [0.5, 0.6) is 0 Å². The number of thiazole rings is 1. The fourth-order valence-corrected chi connectivity index (χ4v) is 3.69. The quantitative estimate of drug-likeness (QED) is 0.715. The molecule has 0 aliphatic rings. The highest BCUT2D eigenvalue weighted by atomic mass is 32.2. The maximum atomic E-state index is 11.3. The molecule has 2 aromatic carbocycles. The second-order valence-corrected chi connectivity index (χ2v) is 8.32. The van der Waals surface area contributed by atoms with Crippen LogP contribution >= 0.6 is 11.3 Å². The van der Waals surface area contributed by atoms with Crippen molar-refractivity contribution < 1.29 is 8.42 Å². The molecule has 3 aromatic rings. The topological polar surface area (TPSA) is 71.1 Å². The van der Waals surface area contributed by atoms with E-state index in [1.54, 1.807) is 23.5 Å². The zero-order chi connectivity index (χ0) is 17.2.